The van der Waals surface area contributed by atoms with Crippen molar-refractivity contribution in [3.8, 4) is 11.5 Å². The number of allylic oxidation sites excluding steroid dienone is 4. The second-order valence-electron chi connectivity index (χ2n) is 8.11. The molecule has 0 atom stereocenters. The van der Waals surface area contributed by atoms with E-state index in [0.717, 1.165) is 11.6 Å². The summed E-state index contributed by atoms with van der Waals surface area (Å²) in [6.45, 7) is 4.93. The number of benzene rings is 3. The van der Waals surface area contributed by atoms with Crippen LogP contribution in [-0.4, -0.2) is 32.2 Å². The molecular formula is C27H27NO6S. The number of para-hydroxylation sites is 1. The molecule has 0 aliphatic rings. The average Bonchev–Trinajstić information content (AvgIpc) is 2.83. The van der Waals surface area contributed by atoms with Gasteiger partial charge in [0.2, 0.25) is 0 Å². The highest BCUT2D eigenvalue weighted by atomic mass is 32.2. The maximum absolute atomic E-state index is 13.1. The Balaban J connectivity index is 1.84. The molecule has 0 unspecified atom stereocenters. The fourth-order valence-electron chi connectivity index (χ4n) is 3.23. The minimum Gasteiger partial charge on any atom is -0.457 e. The minimum atomic E-state index is -4.35. The largest absolute Gasteiger partial charge is 0.457 e. The van der Waals surface area contributed by atoms with Crippen LogP contribution in [0.1, 0.15) is 37.6 Å². The summed E-state index contributed by atoms with van der Waals surface area (Å²) in [6, 6.07) is 19.6. The zero-order chi connectivity index (χ0) is 25.6. The Morgan fingerprint density at radius 2 is 1.51 bits per heavy atom. The first-order valence-corrected chi connectivity index (χ1v) is 12.3. The molecule has 8 heteroatoms. The van der Waals surface area contributed by atoms with Gasteiger partial charge in [0.05, 0.1) is 4.91 Å². The highest BCUT2D eigenvalue weighted by molar-refractivity contribution is 7.90. The van der Waals surface area contributed by atoms with Crippen LogP contribution in [0.15, 0.2) is 89.4 Å². The number of rotatable bonds is 9. The third-order valence-electron chi connectivity index (χ3n) is 5.05. The fraction of sp³-hybridized carbons (Fsp3) is 0.185. The molecule has 3 aromatic rings. The van der Waals surface area contributed by atoms with Crippen molar-refractivity contribution in [2.45, 2.75) is 27.2 Å². The molecule has 0 spiro atoms. The molecule has 0 aliphatic heterocycles. The van der Waals surface area contributed by atoms with Gasteiger partial charge in [0.15, 0.2) is 5.78 Å². The van der Waals surface area contributed by atoms with E-state index in [-0.39, 0.29) is 22.7 Å². The van der Waals surface area contributed by atoms with Crippen molar-refractivity contribution < 1.29 is 27.0 Å². The van der Waals surface area contributed by atoms with E-state index in [0.29, 0.717) is 27.3 Å². The predicted octanol–water partition coefficient (Wildman–Crippen LogP) is 5.79. The summed E-state index contributed by atoms with van der Waals surface area (Å²) in [7, 11) is -3.14. The molecule has 182 valence electrons. The molecule has 7 nitrogen and oxygen atoms in total. The number of amides is 1. The van der Waals surface area contributed by atoms with Gasteiger partial charge in [0.25, 0.3) is 5.91 Å². The first-order valence-electron chi connectivity index (χ1n) is 10.9. The molecule has 3 aromatic carbocycles. The first-order chi connectivity index (χ1) is 16.6. The Labute approximate surface area is 205 Å². The van der Waals surface area contributed by atoms with Crippen molar-refractivity contribution in [1.29, 1.82) is 0 Å². The summed E-state index contributed by atoms with van der Waals surface area (Å²) < 4.78 is 36.2. The molecule has 0 bridgehead atoms. The summed E-state index contributed by atoms with van der Waals surface area (Å²) in [5.41, 5.74) is 1.18. The van der Waals surface area contributed by atoms with Gasteiger partial charge in [-0.25, -0.2) is 5.06 Å². The lowest BCUT2D eigenvalue weighted by molar-refractivity contribution is -0.113. The number of ketones is 1. The van der Waals surface area contributed by atoms with E-state index in [1.165, 1.54) is 14.0 Å². The zero-order valence-electron chi connectivity index (χ0n) is 20.0. The van der Waals surface area contributed by atoms with Crippen molar-refractivity contribution >= 4 is 32.6 Å². The first kappa shape index (κ1) is 25.9. The highest BCUT2D eigenvalue weighted by Crippen LogP contribution is 2.32. The van der Waals surface area contributed by atoms with Gasteiger partial charge in [-0.3, -0.25) is 9.59 Å². The second-order valence-corrected chi connectivity index (χ2v) is 9.81. The fourth-order valence-corrected chi connectivity index (χ4v) is 3.99. The SMILES string of the molecule is CC(C)=CCC(=O)/C=C(\C)S(=O)(=O)ON(C)C(=O)c1ccc(Oc2ccccc2)c2ccccc12. The molecule has 0 aliphatic carbocycles. The van der Waals surface area contributed by atoms with Crippen LogP contribution in [0.2, 0.25) is 0 Å². The number of hydrogen-bond acceptors (Lipinski definition) is 6. The summed E-state index contributed by atoms with van der Waals surface area (Å²) in [6.07, 6.45) is 2.77. The van der Waals surface area contributed by atoms with Gasteiger partial charge in [-0.2, -0.15) is 8.42 Å². The van der Waals surface area contributed by atoms with Gasteiger partial charge in [0.1, 0.15) is 11.5 Å². The van der Waals surface area contributed by atoms with E-state index >= 15 is 0 Å². The molecule has 1 amide bonds. The maximum atomic E-state index is 13.1. The lowest BCUT2D eigenvalue weighted by atomic mass is 10.0. The van der Waals surface area contributed by atoms with Crippen LogP contribution >= 0.6 is 0 Å². The third kappa shape index (κ3) is 6.65. The maximum Gasteiger partial charge on any atom is 0.313 e. The second kappa shape index (κ2) is 11.1. The number of hydroxylamine groups is 2. The van der Waals surface area contributed by atoms with E-state index in [4.69, 9.17) is 9.02 Å². The Kier molecular flexibility index (Phi) is 8.22. The minimum absolute atomic E-state index is 0.0767. The number of fused-ring (bicyclic) bond motifs is 1. The van der Waals surface area contributed by atoms with Crippen molar-refractivity contribution in [2.24, 2.45) is 0 Å². The van der Waals surface area contributed by atoms with Gasteiger partial charge in [-0.1, -0.05) is 54.1 Å². The normalized spacial score (nSPS) is 11.7. The Bertz CT molecular complexity index is 1400. The average molecular weight is 494 g/mol. The molecule has 3 rings (SSSR count). The third-order valence-corrected chi connectivity index (χ3v) is 6.38. The molecule has 0 radical (unpaired) electrons. The number of carbonyl (C=O) groups is 2. The van der Waals surface area contributed by atoms with Crippen LogP contribution in [-0.2, 0) is 19.2 Å². The molecule has 0 N–H and O–H groups in total. The van der Waals surface area contributed by atoms with Crippen LogP contribution < -0.4 is 4.74 Å². The predicted molar refractivity (Wildman–Crippen MR) is 135 cm³/mol. The van der Waals surface area contributed by atoms with Crippen molar-refractivity contribution in [3.63, 3.8) is 0 Å². The number of carbonyl (C=O) groups excluding carboxylic acids is 2. The lowest BCUT2D eigenvalue weighted by Crippen LogP contribution is -2.30. The van der Waals surface area contributed by atoms with Crippen LogP contribution in [0.4, 0.5) is 0 Å². The monoisotopic (exact) mass is 493 g/mol. The van der Waals surface area contributed by atoms with E-state index in [1.807, 2.05) is 56.3 Å². The summed E-state index contributed by atoms with van der Waals surface area (Å²) >= 11 is 0. The molecule has 0 fully saturated rings. The molecule has 0 heterocycles. The topological polar surface area (TPSA) is 90.0 Å². The summed E-state index contributed by atoms with van der Waals surface area (Å²) in [5, 5.41) is 1.90. The van der Waals surface area contributed by atoms with Gasteiger partial charge < -0.3 is 4.74 Å². The van der Waals surface area contributed by atoms with Crippen LogP contribution in [0, 0.1) is 0 Å². The van der Waals surface area contributed by atoms with Gasteiger partial charge in [-0.15, -0.1) is 4.28 Å². The molecule has 0 saturated heterocycles. The molecular weight excluding hydrogens is 466 g/mol. The van der Waals surface area contributed by atoms with Crippen molar-refractivity contribution in [2.75, 3.05) is 7.05 Å². The van der Waals surface area contributed by atoms with Crippen LogP contribution in [0.3, 0.4) is 0 Å². The molecule has 0 aromatic heterocycles. The Morgan fingerprint density at radius 3 is 2.17 bits per heavy atom. The summed E-state index contributed by atoms with van der Waals surface area (Å²) in [4.78, 5) is 24.9. The zero-order valence-corrected chi connectivity index (χ0v) is 20.8. The smallest absolute Gasteiger partial charge is 0.313 e. The molecule has 0 saturated carbocycles. The Morgan fingerprint density at radius 1 is 0.886 bits per heavy atom. The Hall–Kier alpha value is -3.75. The van der Waals surface area contributed by atoms with Crippen LogP contribution in [0.5, 0.6) is 11.5 Å². The van der Waals surface area contributed by atoms with Gasteiger partial charge in [-0.05, 0) is 56.5 Å². The summed E-state index contributed by atoms with van der Waals surface area (Å²) in [5.74, 6) is 0.141. The van der Waals surface area contributed by atoms with Crippen molar-refractivity contribution in [3.05, 3.63) is 94.9 Å². The van der Waals surface area contributed by atoms with Gasteiger partial charge >= 0.3 is 10.1 Å². The molecule has 35 heavy (non-hydrogen) atoms. The van der Waals surface area contributed by atoms with E-state index in [9.17, 15) is 18.0 Å². The quantitative estimate of drug-likeness (QED) is 0.213. The van der Waals surface area contributed by atoms with E-state index in [1.54, 1.807) is 30.3 Å². The van der Waals surface area contributed by atoms with Gasteiger partial charge in [0, 0.05) is 24.4 Å². The number of nitrogens with zero attached hydrogens (tertiary/aromatic N) is 1. The van der Waals surface area contributed by atoms with E-state index in [2.05, 4.69) is 0 Å². The number of hydrogen-bond donors (Lipinski definition) is 0. The van der Waals surface area contributed by atoms with E-state index < -0.39 is 16.0 Å². The number of ether oxygens (including phenoxy) is 1. The standard InChI is InChI=1S/C27H27NO6S/c1-19(2)14-15-21(29)18-20(3)35(31,32)34-28(4)27(30)25-16-17-26(24-13-9-8-12-23(24)25)33-22-10-6-5-7-11-22/h5-14,16-18H,15H2,1-4H3/b20-18+. The lowest BCUT2D eigenvalue weighted by Gasteiger charge is -2.18. The highest BCUT2D eigenvalue weighted by Gasteiger charge is 2.24. The van der Waals surface area contributed by atoms with Crippen LogP contribution in [0.25, 0.3) is 10.8 Å². The van der Waals surface area contributed by atoms with Crippen molar-refractivity contribution in [1.82, 2.24) is 5.06 Å².